The van der Waals surface area contributed by atoms with Gasteiger partial charge in [-0.1, -0.05) is 32.0 Å². The Hall–Kier alpha value is -2.29. The van der Waals surface area contributed by atoms with Crippen molar-refractivity contribution in [2.45, 2.75) is 19.3 Å². The lowest BCUT2D eigenvalue weighted by Crippen LogP contribution is -2.24. The van der Waals surface area contributed by atoms with Gasteiger partial charge in [0.2, 0.25) is 5.78 Å². The van der Waals surface area contributed by atoms with E-state index < -0.39 is 0 Å². The number of carbonyl (C=O) groups excluding carboxylic acids is 1. The van der Waals surface area contributed by atoms with Crippen LogP contribution >= 0.6 is 0 Å². The van der Waals surface area contributed by atoms with Crippen LogP contribution in [-0.4, -0.2) is 12.8 Å². The second kappa shape index (κ2) is 4.37. The first-order valence-electron chi connectivity index (χ1n) is 6.65. The molecule has 3 rings (SSSR count). The summed E-state index contributed by atoms with van der Waals surface area (Å²) in [6, 6.07) is 11.7. The van der Waals surface area contributed by atoms with Gasteiger partial charge in [0.15, 0.2) is 5.76 Å². The average Bonchev–Trinajstić information content (AvgIpc) is 3.02. The Labute approximate surface area is 118 Å². The van der Waals surface area contributed by atoms with Crippen LogP contribution in [-0.2, 0) is 5.41 Å². The first-order valence-corrected chi connectivity index (χ1v) is 6.65. The molecule has 2 heterocycles. The fourth-order valence-corrected chi connectivity index (χ4v) is 2.87. The molecule has 0 radical (unpaired) electrons. The minimum Gasteiger partial charge on any atom is -0.461 e. The molecule has 1 aromatic carbocycles. The molecule has 0 spiro atoms. The van der Waals surface area contributed by atoms with E-state index in [-0.39, 0.29) is 11.2 Å². The fraction of sp³-hybridized carbons (Fsp3) is 0.235. The first-order chi connectivity index (χ1) is 9.51. The highest BCUT2D eigenvalue weighted by molar-refractivity contribution is 6.03. The maximum Gasteiger partial charge on any atom is 0.222 e. The van der Waals surface area contributed by atoms with Crippen molar-refractivity contribution in [1.29, 1.82) is 0 Å². The SMILES string of the molecule is CN1/C(=C/C(=O)c2ccco2)C(C)(C)c2ccccc21. The Morgan fingerprint density at radius 3 is 2.60 bits per heavy atom. The van der Waals surface area contributed by atoms with Crippen LogP contribution in [0, 0.1) is 0 Å². The number of hydrogen-bond donors (Lipinski definition) is 0. The molecule has 20 heavy (non-hydrogen) atoms. The highest BCUT2D eigenvalue weighted by atomic mass is 16.3. The van der Waals surface area contributed by atoms with Crippen molar-refractivity contribution in [3.63, 3.8) is 0 Å². The van der Waals surface area contributed by atoms with E-state index in [4.69, 9.17) is 4.42 Å². The number of hydrogen-bond acceptors (Lipinski definition) is 3. The predicted octanol–water partition coefficient (Wildman–Crippen LogP) is 3.77. The smallest absolute Gasteiger partial charge is 0.222 e. The molecule has 0 N–H and O–H groups in total. The molecule has 3 nitrogen and oxygen atoms in total. The number of furan rings is 1. The van der Waals surface area contributed by atoms with Gasteiger partial charge in [-0.25, -0.2) is 0 Å². The maximum atomic E-state index is 12.2. The van der Waals surface area contributed by atoms with Gasteiger partial charge in [0.05, 0.1) is 6.26 Å². The van der Waals surface area contributed by atoms with Crippen LogP contribution in [0.2, 0.25) is 0 Å². The highest BCUT2D eigenvalue weighted by Gasteiger charge is 2.38. The first kappa shape index (κ1) is 12.7. The zero-order valence-electron chi connectivity index (χ0n) is 11.9. The molecule has 0 fully saturated rings. The summed E-state index contributed by atoms with van der Waals surface area (Å²) in [5, 5.41) is 0. The van der Waals surface area contributed by atoms with E-state index in [1.807, 2.05) is 19.2 Å². The van der Waals surface area contributed by atoms with Gasteiger partial charge in [0, 0.05) is 29.9 Å². The topological polar surface area (TPSA) is 33.5 Å². The molecule has 0 aliphatic carbocycles. The van der Waals surface area contributed by atoms with E-state index in [1.54, 1.807) is 18.2 Å². The number of rotatable bonds is 2. The Morgan fingerprint density at radius 2 is 1.95 bits per heavy atom. The maximum absolute atomic E-state index is 12.2. The Morgan fingerprint density at radius 1 is 1.20 bits per heavy atom. The van der Waals surface area contributed by atoms with E-state index in [9.17, 15) is 4.79 Å². The largest absolute Gasteiger partial charge is 0.461 e. The number of allylic oxidation sites excluding steroid dienone is 2. The van der Waals surface area contributed by atoms with Crippen molar-refractivity contribution in [3.8, 4) is 0 Å². The Kier molecular flexibility index (Phi) is 2.78. The van der Waals surface area contributed by atoms with Crippen molar-refractivity contribution in [2.75, 3.05) is 11.9 Å². The van der Waals surface area contributed by atoms with Gasteiger partial charge < -0.3 is 9.32 Å². The molecule has 1 aromatic heterocycles. The molecule has 2 aromatic rings. The molecule has 3 heteroatoms. The second-order valence-electron chi connectivity index (χ2n) is 5.57. The van der Waals surface area contributed by atoms with Crippen LogP contribution in [0.4, 0.5) is 5.69 Å². The summed E-state index contributed by atoms with van der Waals surface area (Å²) in [4.78, 5) is 14.3. The molecule has 0 bridgehead atoms. The lowest BCUT2D eigenvalue weighted by Gasteiger charge is -2.23. The molecule has 0 unspecified atom stereocenters. The van der Waals surface area contributed by atoms with Crippen LogP contribution in [0.25, 0.3) is 0 Å². The van der Waals surface area contributed by atoms with Crippen molar-refractivity contribution >= 4 is 11.5 Å². The van der Waals surface area contributed by atoms with E-state index in [2.05, 4.69) is 30.9 Å². The summed E-state index contributed by atoms with van der Waals surface area (Å²) in [7, 11) is 1.99. The molecule has 102 valence electrons. The van der Waals surface area contributed by atoms with Gasteiger partial charge in [0.25, 0.3) is 0 Å². The number of fused-ring (bicyclic) bond motifs is 1. The van der Waals surface area contributed by atoms with Crippen LogP contribution in [0.1, 0.15) is 30.0 Å². The minimum atomic E-state index is -0.187. The number of nitrogens with zero attached hydrogens (tertiary/aromatic N) is 1. The summed E-state index contributed by atoms with van der Waals surface area (Å²) in [6.45, 7) is 4.27. The summed E-state index contributed by atoms with van der Waals surface area (Å²) < 4.78 is 5.17. The molecular weight excluding hydrogens is 250 g/mol. The molecule has 1 aliphatic rings. The quantitative estimate of drug-likeness (QED) is 0.613. The third-order valence-corrected chi connectivity index (χ3v) is 3.97. The molecule has 0 saturated heterocycles. The molecule has 1 aliphatic heterocycles. The lowest BCUT2D eigenvalue weighted by atomic mass is 9.83. The Bertz CT molecular complexity index is 681. The van der Waals surface area contributed by atoms with Gasteiger partial charge in [0.1, 0.15) is 0 Å². The van der Waals surface area contributed by atoms with Gasteiger partial charge in [-0.05, 0) is 23.8 Å². The zero-order valence-corrected chi connectivity index (χ0v) is 11.9. The number of benzene rings is 1. The predicted molar refractivity (Wildman–Crippen MR) is 79.0 cm³/mol. The number of para-hydroxylation sites is 1. The third kappa shape index (κ3) is 1.78. The van der Waals surface area contributed by atoms with Gasteiger partial charge in [-0.3, -0.25) is 4.79 Å². The molecular formula is C17H17NO2. The monoisotopic (exact) mass is 267 g/mol. The van der Waals surface area contributed by atoms with E-state index >= 15 is 0 Å². The van der Waals surface area contributed by atoms with Crippen LogP contribution in [0.15, 0.2) is 58.9 Å². The van der Waals surface area contributed by atoms with E-state index in [0.29, 0.717) is 5.76 Å². The van der Waals surface area contributed by atoms with Crippen molar-refractivity contribution in [2.24, 2.45) is 0 Å². The summed E-state index contributed by atoms with van der Waals surface area (Å²) in [5.41, 5.74) is 3.19. The van der Waals surface area contributed by atoms with Crippen molar-refractivity contribution in [1.82, 2.24) is 0 Å². The molecule has 0 atom stereocenters. The second-order valence-corrected chi connectivity index (χ2v) is 5.57. The van der Waals surface area contributed by atoms with Gasteiger partial charge >= 0.3 is 0 Å². The average molecular weight is 267 g/mol. The zero-order chi connectivity index (χ0) is 14.3. The van der Waals surface area contributed by atoms with Crippen LogP contribution in [0.3, 0.4) is 0 Å². The van der Waals surface area contributed by atoms with Crippen molar-refractivity contribution < 1.29 is 9.21 Å². The number of ketones is 1. The van der Waals surface area contributed by atoms with Gasteiger partial charge in [-0.2, -0.15) is 0 Å². The van der Waals surface area contributed by atoms with Crippen LogP contribution in [0.5, 0.6) is 0 Å². The summed E-state index contributed by atoms with van der Waals surface area (Å²) >= 11 is 0. The minimum absolute atomic E-state index is 0.0993. The van der Waals surface area contributed by atoms with Crippen molar-refractivity contribution in [3.05, 3.63) is 65.8 Å². The standard InChI is InChI=1S/C17H17NO2/c1-17(2)12-7-4-5-8-13(12)18(3)16(17)11-14(19)15-9-6-10-20-15/h4-11H,1-3H3/b16-11+. The normalized spacial score (nSPS) is 18.4. The summed E-state index contributed by atoms with van der Waals surface area (Å²) in [6.07, 6.45) is 3.20. The number of anilines is 1. The molecule has 0 amide bonds. The lowest BCUT2D eigenvalue weighted by molar-refractivity contribution is 0.102. The summed E-state index contributed by atoms with van der Waals surface area (Å²) in [5.74, 6) is 0.274. The van der Waals surface area contributed by atoms with E-state index in [1.165, 1.54) is 11.8 Å². The number of likely N-dealkylation sites (N-methyl/N-ethyl adjacent to an activating group) is 1. The number of carbonyl (C=O) groups is 1. The van der Waals surface area contributed by atoms with E-state index in [0.717, 1.165) is 11.4 Å². The third-order valence-electron chi connectivity index (χ3n) is 3.97. The van der Waals surface area contributed by atoms with Crippen LogP contribution < -0.4 is 4.90 Å². The molecule has 0 saturated carbocycles. The Balaban J connectivity index is 2.06. The van der Waals surface area contributed by atoms with Gasteiger partial charge in [-0.15, -0.1) is 0 Å². The fourth-order valence-electron chi connectivity index (χ4n) is 2.87. The highest BCUT2D eigenvalue weighted by Crippen LogP contribution is 2.46.